The summed E-state index contributed by atoms with van der Waals surface area (Å²) < 4.78 is 7.99. The second-order valence-electron chi connectivity index (χ2n) is 7.00. The minimum atomic E-state index is 0.0823. The van der Waals surface area contributed by atoms with E-state index in [0.29, 0.717) is 11.6 Å². The van der Waals surface area contributed by atoms with E-state index in [0.717, 1.165) is 25.7 Å². The van der Waals surface area contributed by atoms with Crippen LogP contribution in [0.3, 0.4) is 0 Å². The van der Waals surface area contributed by atoms with Crippen molar-refractivity contribution in [2.75, 3.05) is 0 Å². The van der Waals surface area contributed by atoms with Gasteiger partial charge in [0, 0.05) is 0 Å². The van der Waals surface area contributed by atoms with Crippen LogP contribution in [-0.4, -0.2) is 32.6 Å². The Kier molecular flexibility index (Phi) is 8.77. The van der Waals surface area contributed by atoms with Crippen molar-refractivity contribution in [3.05, 3.63) is 25.4 Å². The smallest absolute Gasteiger partial charge is 0.159 e. The van der Waals surface area contributed by atoms with Gasteiger partial charge in [-0.1, -0.05) is 74.7 Å². The summed E-state index contributed by atoms with van der Waals surface area (Å²) in [6, 6.07) is 0. The summed E-state index contributed by atoms with van der Waals surface area (Å²) >= 11 is 14.6. The summed E-state index contributed by atoms with van der Waals surface area (Å²) in [5, 5.41) is 0.329. The molecule has 2 nitrogen and oxygen atoms in total. The molecule has 0 aliphatic carbocycles. The Morgan fingerprint density at radius 2 is 0.700 bits per heavy atom. The Labute approximate surface area is 213 Å². The second-order valence-corrected chi connectivity index (χ2v) is 17.5. The van der Waals surface area contributed by atoms with Crippen molar-refractivity contribution in [2.45, 2.75) is 74.4 Å². The molecule has 4 rings (SSSR count). The van der Waals surface area contributed by atoms with Crippen LogP contribution in [0.4, 0.5) is 0 Å². The molecule has 0 N–H and O–H groups in total. The summed E-state index contributed by atoms with van der Waals surface area (Å²) in [5.74, 6) is 0.818. The first-order valence-electron chi connectivity index (χ1n) is 10.2. The van der Waals surface area contributed by atoms with Gasteiger partial charge in [-0.3, -0.25) is 9.59 Å². The second kappa shape index (κ2) is 10.7. The number of Topliss-reactive ketones (excluding diaryl/α,β-unsaturated/α-hetero) is 2. The van der Waals surface area contributed by atoms with Crippen LogP contribution >= 0.6 is 94.1 Å². The van der Waals surface area contributed by atoms with Crippen LogP contribution in [0.25, 0.3) is 0 Å². The van der Waals surface area contributed by atoms with Crippen LogP contribution in [0.1, 0.15) is 53.4 Å². The van der Waals surface area contributed by atoms with Gasteiger partial charge in [-0.25, -0.2) is 0 Å². The maximum Gasteiger partial charge on any atom is 0.159 e. The third kappa shape index (κ3) is 4.91. The summed E-state index contributed by atoms with van der Waals surface area (Å²) in [5.41, 5.74) is 0. The van der Waals surface area contributed by atoms with Crippen LogP contribution in [0, 0.1) is 0 Å². The van der Waals surface area contributed by atoms with Crippen molar-refractivity contribution in [1.29, 1.82) is 0 Å². The van der Waals surface area contributed by atoms with E-state index in [1.54, 1.807) is 47.0 Å². The SMILES string of the molecule is CC[C@@H]1SC2=C(SC(=C3SC4=C(S3)S[C@H](CC)C(=O)[C@H](CC)S4)S2)S[C@@H](CC)C1=O. The highest BCUT2D eigenvalue weighted by Crippen LogP contribution is 2.68. The number of hydrogen-bond donors (Lipinski definition) is 0. The molecule has 0 radical (unpaired) electrons. The molecule has 0 aromatic carbocycles. The highest BCUT2D eigenvalue weighted by Gasteiger charge is 2.40. The van der Waals surface area contributed by atoms with Gasteiger partial charge in [0.2, 0.25) is 0 Å². The molecule has 164 valence electrons. The van der Waals surface area contributed by atoms with Crippen molar-refractivity contribution < 1.29 is 9.59 Å². The van der Waals surface area contributed by atoms with Gasteiger partial charge in [-0.05, 0) is 25.7 Å². The molecular formula is C20H24O2S8. The van der Waals surface area contributed by atoms with E-state index in [1.807, 2.05) is 47.0 Å². The summed E-state index contributed by atoms with van der Waals surface area (Å²) in [6.07, 6.45) is 3.58. The maximum absolute atomic E-state index is 12.8. The first-order valence-corrected chi connectivity index (χ1v) is 17.0. The zero-order valence-electron chi connectivity index (χ0n) is 17.2. The van der Waals surface area contributed by atoms with Gasteiger partial charge in [0.25, 0.3) is 0 Å². The molecule has 0 unspecified atom stereocenters. The quantitative estimate of drug-likeness (QED) is 0.338. The number of carbonyl (C=O) groups is 2. The Bertz CT molecular complexity index is 718. The molecule has 0 bridgehead atoms. The van der Waals surface area contributed by atoms with Gasteiger partial charge in [0.15, 0.2) is 11.6 Å². The van der Waals surface area contributed by atoms with Gasteiger partial charge in [0.05, 0.1) is 46.4 Å². The first kappa shape index (κ1) is 24.5. The van der Waals surface area contributed by atoms with E-state index in [4.69, 9.17) is 0 Å². The molecule has 0 spiro atoms. The molecule has 0 fully saturated rings. The molecule has 0 amide bonds. The van der Waals surface area contributed by atoms with E-state index >= 15 is 0 Å². The van der Waals surface area contributed by atoms with Crippen molar-refractivity contribution in [1.82, 2.24) is 0 Å². The lowest BCUT2D eigenvalue weighted by atomic mass is 10.1. The molecule has 0 saturated heterocycles. The molecule has 4 aliphatic heterocycles. The van der Waals surface area contributed by atoms with Gasteiger partial charge in [0.1, 0.15) is 0 Å². The fourth-order valence-corrected chi connectivity index (χ4v) is 16.3. The van der Waals surface area contributed by atoms with Gasteiger partial charge in [-0.2, -0.15) is 0 Å². The molecule has 0 aromatic heterocycles. The number of hydrogen-bond acceptors (Lipinski definition) is 10. The number of rotatable bonds is 4. The molecule has 30 heavy (non-hydrogen) atoms. The lowest BCUT2D eigenvalue weighted by Crippen LogP contribution is -2.26. The van der Waals surface area contributed by atoms with E-state index in [-0.39, 0.29) is 21.0 Å². The fourth-order valence-electron chi connectivity index (χ4n) is 3.30. The van der Waals surface area contributed by atoms with Gasteiger partial charge < -0.3 is 0 Å². The van der Waals surface area contributed by atoms with E-state index in [2.05, 4.69) is 27.7 Å². The molecular weight excluding hydrogens is 529 g/mol. The lowest BCUT2D eigenvalue weighted by molar-refractivity contribution is -0.118. The minimum Gasteiger partial charge on any atom is -0.297 e. The Morgan fingerprint density at radius 1 is 0.467 bits per heavy atom. The molecule has 4 heterocycles. The number of carbonyl (C=O) groups excluding carboxylic acids is 2. The molecule has 10 heteroatoms. The van der Waals surface area contributed by atoms with Crippen molar-refractivity contribution >= 4 is 106 Å². The average Bonchev–Trinajstić information content (AvgIpc) is 3.28. The highest BCUT2D eigenvalue weighted by molar-refractivity contribution is 8.45. The summed E-state index contributed by atoms with van der Waals surface area (Å²) in [7, 11) is 0. The molecule has 4 atom stereocenters. The van der Waals surface area contributed by atoms with Crippen molar-refractivity contribution in [2.24, 2.45) is 0 Å². The first-order chi connectivity index (χ1) is 14.5. The highest BCUT2D eigenvalue weighted by atomic mass is 32.3. The Hall–Kier alpha value is 1.36. The topological polar surface area (TPSA) is 34.1 Å². The Balaban J connectivity index is 1.53. The van der Waals surface area contributed by atoms with Crippen LogP contribution in [0.2, 0.25) is 0 Å². The fraction of sp³-hybridized carbons (Fsp3) is 0.600. The zero-order valence-corrected chi connectivity index (χ0v) is 23.8. The average molecular weight is 553 g/mol. The predicted molar refractivity (Wildman–Crippen MR) is 148 cm³/mol. The maximum atomic E-state index is 12.8. The zero-order chi connectivity index (χ0) is 21.4. The minimum absolute atomic E-state index is 0.0823. The van der Waals surface area contributed by atoms with Crippen molar-refractivity contribution in [3.8, 4) is 0 Å². The molecule has 0 saturated carbocycles. The van der Waals surface area contributed by atoms with E-state index < -0.39 is 0 Å². The Morgan fingerprint density at radius 3 is 0.900 bits per heavy atom. The molecule has 4 aliphatic rings. The summed E-state index contributed by atoms with van der Waals surface area (Å²) in [4.78, 5) is 25.6. The standard InChI is InChI=1S/C20H24O2S8/c1-5-9-13(21)10(6-2)24-16-15(23-9)27-19(28-16)20-29-17-18(30-20)26-12(8-4)14(22)11(7-3)25-17/h9-12H,5-8H2,1-4H3/t9-,10-,11-,12+/m0/s1. The molecule has 0 aromatic rings. The van der Waals surface area contributed by atoms with Crippen LogP contribution in [-0.2, 0) is 9.59 Å². The lowest BCUT2D eigenvalue weighted by Gasteiger charge is -2.17. The number of thioether (sulfide) groups is 8. The third-order valence-electron chi connectivity index (χ3n) is 4.99. The van der Waals surface area contributed by atoms with Crippen LogP contribution < -0.4 is 0 Å². The van der Waals surface area contributed by atoms with E-state index in [9.17, 15) is 9.59 Å². The van der Waals surface area contributed by atoms with Crippen LogP contribution in [0.5, 0.6) is 0 Å². The van der Waals surface area contributed by atoms with Gasteiger partial charge in [-0.15, -0.1) is 47.0 Å². The predicted octanol–water partition coefficient (Wildman–Crippen LogP) is 8.54. The van der Waals surface area contributed by atoms with Crippen molar-refractivity contribution in [3.63, 3.8) is 0 Å². The number of ketones is 2. The van der Waals surface area contributed by atoms with E-state index in [1.165, 1.54) is 25.4 Å². The monoisotopic (exact) mass is 552 g/mol. The summed E-state index contributed by atoms with van der Waals surface area (Å²) in [6.45, 7) is 8.49. The largest absolute Gasteiger partial charge is 0.297 e. The van der Waals surface area contributed by atoms with Gasteiger partial charge >= 0.3 is 0 Å². The normalized spacial score (nSPS) is 32.5. The third-order valence-corrected chi connectivity index (χ3v) is 17.9. The van der Waals surface area contributed by atoms with Crippen LogP contribution in [0.15, 0.2) is 25.4 Å².